The molecule has 1 N–H and O–H groups in total. The molecular formula is C13H14N4O2S2. The summed E-state index contributed by atoms with van der Waals surface area (Å²) in [6.45, 7) is 1.89. The van der Waals surface area contributed by atoms with Gasteiger partial charge < -0.3 is 4.98 Å². The molecule has 2 heterocycles. The average molecular weight is 322 g/mol. The third kappa shape index (κ3) is 2.20. The van der Waals surface area contributed by atoms with Crippen LogP contribution in [0.15, 0.2) is 29.3 Å². The van der Waals surface area contributed by atoms with E-state index in [1.165, 1.54) is 6.26 Å². The normalized spacial score (nSPS) is 12.1. The van der Waals surface area contributed by atoms with Gasteiger partial charge in [0, 0.05) is 19.5 Å². The van der Waals surface area contributed by atoms with Crippen molar-refractivity contribution in [3.8, 4) is 5.69 Å². The molecule has 8 heteroatoms. The molecule has 0 aliphatic carbocycles. The van der Waals surface area contributed by atoms with Crippen LogP contribution < -0.4 is 0 Å². The first kappa shape index (κ1) is 14.0. The topological polar surface area (TPSA) is 72.7 Å². The van der Waals surface area contributed by atoms with E-state index < -0.39 is 9.84 Å². The lowest BCUT2D eigenvalue weighted by Crippen LogP contribution is -1.99. The lowest BCUT2D eigenvalue weighted by atomic mass is 10.3. The van der Waals surface area contributed by atoms with Crippen molar-refractivity contribution < 1.29 is 8.42 Å². The van der Waals surface area contributed by atoms with Gasteiger partial charge in [-0.05, 0) is 31.3 Å². The number of aromatic nitrogens is 4. The van der Waals surface area contributed by atoms with Crippen LogP contribution in [0.5, 0.6) is 0 Å². The van der Waals surface area contributed by atoms with Gasteiger partial charge in [0.15, 0.2) is 14.6 Å². The number of benzene rings is 1. The van der Waals surface area contributed by atoms with Gasteiger partial charge in [-0.3, -0.25) is 9.25 Å². The Balaban J connectivity index is 2.44. The number of imidazole rings is 1. The summed E-state index contributed by atoms with van der Waals surface area (Å²) >= 11 is 5.36. The lowest BCUT2D eigenvalue weighted by Gasteiger charge is -2.03. The van der Waals surface area contributed by atoms with Crippen LogP contribution >= 0.6 is 12.2 Å². The average Bonchev–Trinajstić information content (AvgIpc) is 2.86. The fourth-order valence-electron chi connectivity index (χ4n) is 2.46. The van der Waals surface area contributed by atoms with Crippen molar-refractivity contribution >= 4 is 33.1 Å². The Labute approximate surface area is 126 Å². The van der Waals surface area contributed by atoms with Crippen LogP contribution in [0.25, 0.3) is 16.7 Å². The summed E-state index contributed by atoms with van der Waals surface area (Å²) in [5, 5.41) is 4.30. The van der Waals surface area contributed by atoms with Crippen molar-refractivity contribution in [2.45, 2.75) is 11.8 Å². The summed E-state index contributed by atoms with van der Waals surface area (Å²) in [5.41, 5.74) is 2.89. The third-order valence-corrected chi connectivity index (χ3v) is 4.73. The second-order valence-electron chi connectivity index (χ2n) is 4.96. The molecule has 0 amide bonds. The highest BCUT2D eigenvalue weighted by Gasteiger charge is 2.17. The number of hydrogen-bond donors (Lipinski definition) is 1. The van der Waals surface area contributed by atoms with Gasteiger partial charge in [0.25, 0.3) is 0 Å². The summed E-state index contributed by atoms with van der Waals surface area (Å²) in [5.74, 6) is 0. The Morgan fingerprint density at radius 3 is 2.62 bits per heavy atom. The Morgan fingerprint density at radius 1 is 1.33 bits per heavy atom. The molecule has 0 saturated heterocycles. The molecule has 0 unspecified atom stereocenters. The van der Waals surface area contributed by atoms with E-state index >= 15 is 0 Å². The number of aromatic amines is 1. The lowest BCUT2D eigenvalue weighted by molar-refractivity contribution is 0.602. The maximum absolute atomic E-state index is 11.9. The number of sulfone groups is 1. The maximum atomic E-state index is 11.9. The van der Waals surface area contributed by atoms with Gasteiger partial charge in [-0.15, -0.1) is 0 Å². The van der Waals surface area contributed by atoms with E-state index in [9.17, 15) is 8.42 Å². The molecule has 0 saturated carbocycles. The van der Waals surface area contributed by atoms with Gasteiger partial charge in [-0.2, -0.15) is 5.10 Å². The van der Waals surface area contributed by atoms with Crippen molar-refractivity contribution in [1.82, 2.24) is 19.3 Å². The van der Waals surface area contributed by atoms with Crippen LogP contribution in [-0.4, -0.2) is 34.0 Å². The number of hydrogen-bond acceptors (Lipinski definition) is 4. The summed E-state index contributed by atoms with van der Waals surface area (Å²) < 4.78 is 27.7. The largest absolute Gasteiger partial charge is 0.329 e. The molecule has 2 aromatic heterocycles. The molecule has 0 radical (unpaired) electrons. The molecular weight excluding hydrogens is 308 g/mol. The Morgan fingerprint density at radius 2 is 2.05 bits per heavy atom. The molecule has 3 aromatic rings. The molecule has 1 aromatic carbocycles. The third-order valence-electron chi connectivity index (χ3n) is 3.31. The maximum Gasteiger partial charge on any atom is 0.182 e. The Bertz CT molecular complexity index is 1010. The number of nitrogens with one attached hydrogen (secondary N) is 1. The monoisotopic (exact) mass is 322 g/mol. The molecule has 6 nitrogen and oxygen atoms in total. The standard InChI is InChI=1S/C13H14N4O2S2/c1-8-10(7-16(2)15-8)17-9-5-4-6-11(21(3,18)19)12(9)14-13(17)20/h4-7H,1-3H3,(H,14,20). The van der Waals surface area contributed by atoms with E-state index in [2.05, 4.69) is 10.1 Å². The minimum Gasteiger partial charge on any atom is -0.329 e. The molecule has 0 aliphatic rings. The summed E-state index contributed by atoms with van der Waals surface area (Å²) in [7, 11) is -1.50. The quantitative estimate of drug-likeness (QED) is 0.734. The molecule has 0 fully saturated rings. The first-order valence-electron chi connectivity index (χ1n) is 6.23. The van der Waals surface area contributed by atoms with E-state index in [0.717, 1.165) is 16.9 Å². The van der Waals surface area contributed by atoms with Crippen LogP contribution in [0.1, 0.15) is 5.69 Å². The number of nitrogens with zero attached hydrogens (tertiary/aromatic N) is 3. The molecule has 0 bridgehead atoms. The number of rotatable bonds is 2. The van der Waals surface area contributed by atoms with Crippen LogP contribution in [0.2, 0.25) is 0 Å². The van der Waals surface area contributed by atoms with Gasteiger partial charge in [-0.25, -0.2) is 8.42 Å². The highest BCUT2D eigenvalue weighted by Crippen LogP contribution is 2.26. The van der Waals surface area contributed by atoms with E-state index in [-0.39, 0.29) is 4.90 Å². The molecule has 0 aliphatic heterocycles. The van der Waals surface area contributed by atoms with E-state index in [0.29, 0.717) is 10.3 Å². The molecule has 0 spiro atoms. The van der Waals surface area contributed by atoms with Gasteiger partial charge in [0.05, 0.1) is 27.3 Å². The smallest absolute Gasteiger partial charge is 0.182 e. The number of para-hydroxylation sites is 1. The zero-order valence-corrected chi connectivity index (χ0v) is 13.4. The highest BCUT2D eigenvalue weighted by molar-refractivity contribution is 7.91. The van der Waals surface area contributed by atoms with Gasteiger partial charge in [0.1, 0.15) is 0 Å². The van der Waals surface area contributed by atoms with E-state index in [1.807, 2.05) is 30.8 Å². The first-order chi connectivity index (χ1) is 9.79. The predicted molar refractivity (Wildman–Crippen MR) is 83.1 cm³/mol. The second kappa shape index (κ2) is 4.54. The zero-order valence-electron chi connectivity index (χ0n) is 11.8. The summed E-state index contributed by atoms with van der Waals surface area (Å²) in [6, 6.07) is 5.12. The van der Waals surface area contributed by atoms with Crippen LogP contribution in [0.3, 0.4) is 0 Å². The fourth-order valence-corrected chi connectivity index (χ4v) is 3.61. The second-order valence-corrected chi connectivity index (χ2v) is 7.33. The Kier molecular flexibility index (Phi) is 3.03. The number of aryl methyl sites for hydroxylation is 2. The SMILES string of the molecule is Cc1nn(C)cc1-n1c(=S)[nH]c2c(S(C)(=O)=O)cccc21. The molecule has 3 rings (SSSR count). The van der Waals surface area contributed by atoms with Gasteiger partial charge in [-0.1, -0.05) is 6.07 Å². The molecule has 21 heavy (non-hydrogen) atoms. The van der Waals surface area contributed by atoms with E-state index in [4.69, 9.17) is 12.2 Å². The minimum atomic E-state index is -3.33. The number of H-pyrrole nitrogens is 1. The van der Waals surface area contributed by atoms with Crippen molar-refractivity contribution in [2.75, 3.05) is 6.26 Å². The highest BCUT2D eigenvalue weighted by atomic mass is 32.2. The van der Waals surface area contributed by atoms with Crippen molar-refractivity contribution in [3.63, 3.8) is 0 Å². The predicted octanol–water partition coefficient (Wildman–Crippen LogP) is 2.13. The van der Waals surface area contributed by atoms with Crippen molar-refractivity contribution in [2.24, 2.45) is 7.05 Å². The Hall–Kier alpha value is -1.93. The van der Waals surface area contributed by atoms with Gasteiger partial charge in [0.2, 0.25) is 0 Å². The fraction of sp³-hybridized carbons (Fsp3) is 0.231. The van der Waals surface area contributed by atoms with Crippen LogP contribution in [0, 0.1) is 11.7 Å². The minimum absolute atomic E-state index is 0.242. The van der Waals surface area contributed by atoms with Gasteiger partial charge >= 0.3 is 0 Å². The van der Waals surface area contributed by atoms with E-state index in [1.54, 1.807) is 16.8 Å². The molecule has 110 valence electrons. The summed E-state index contributed by atoms with van der Waals surface area (Å²) in [4.78, 5) is 3.24. The summed E-state index contributed by atoms with van der Waals surface area (Å²) in [6.07, 6.45) is 3.04. The zero-order chi connectivity index (χ0) is 15.4. The van der Waals surface area contributed by atoms with Crippen molar-refractivity contribution in [3.05, 3.63) is 34.9 Å². The number of fused-ring (bicyclic) bond motifs is 1. The van der Waals surface area contributed by atoms with Crippen LogP contribution in [-0.2, 0) is 16.9 Å². The first-order valence-corrected chi connectivity index (χ1v) is 8.53. The van der Waals surface area contributed by atoms with Crippen LogP contribution in [0.4, 0.5) is 0 Å². The van der Waals surface area contributed by atoms with Crippen molar-refractivity contribution in [1.29, 1.82) is 0 Å². The molecule has 0 atom stereocenters.